The highest BCUT2D eigenvalue weighted by molar-refractivity contribution is 5.75. The molecule has 1 heterocycles. The SMILES string of the molecule is O=[N+]([O-])c1ccc(/C=C(\C(O)[C]2[CH][CH][CH][CH]2)n2cncn2)cc1. The minimum Gasteiger partial charge on any atom is -0.386 e. The van der Waals surface area contributed by atoms with Crippen molar-refractivity contribution in [2.45, 2.75) is 6.10 Å². The van der Waals surface area contributed by atoms with Gasteiger partial charge in [-0.25, -0.2) is 9.67 Å². The first-order valence-corrected chi connectivity index (χ1v) is 6.86. The number of rotatable bonds is 5. The molecule has 1 saturated carbocycles. The van der Waals surface area contributed by atoms with Gasteiger partial charge in [-0.15, -0.1) is 0 Å². The highest BCUT2D eigenvalue weighted by Crippen LogP contribution is 2.32. The zero-order valence-electron chi connectivity index (χ0n) is 12.0. The lowest BCUT2D eigenvalue weighted by atomic mass is 9.97. The van der Waals surface area contributed by atoms with Crippen LogP contribution in [0.25, 0.3) is 11.8 Å². The number of benzene rings is 1. The van der Waals surface area contributed by atoms with Crippen molar-refractivity contribution in [2.75, 3.05) is 0 Å². The van der Waals surface area contributed by atoms with Gasteiger partial charge in [-0.1, -0.05) is 0 Å². The van der Waals surface area contributed by atoms with E-state index in [9.17, 15) is 15.2 Å². The van der Waals surface area contributed by atoms with Crippen LogP contribution in [0.5, 0.6) is 0 Å². The molecule has 1 N–H and O–H groups in total. The van der Waals surface area contributed by atoms with E-state index < -0.39 is 11.0 Å². The van der Waals surface area contributed by atoms with Gasteiger partial charge in [-0.3, -0.25) is 10.1 Å². The van der Waals surface area contributed by atoms with E-state index in [1.165, 1.54) is 29.5 Å². The van der Waals surface area contributed by atoms with Gasteiger partial charge in [0.15, 0.2) is 0 Å². The van der Waals surface area contributed by atoms with E-state index in [2.05, 4.69) is 10.1 Å². The van der Waals surface area contributed by atoms with Crippen LogP contribution in [0.2, 0.25) is 0 Å². The third kappa shape index (κ3) is 3.45. The van der Waals surface area contributed by atoms with Crippen LogP contribution in [-0.4, -0.2) is 30.9 Å². The number of aliphatic hydroxyl groups is 1. The average molecular weight is 309 g/mol. The third-order valence-electron chi connectivity index (χ3n) is 3.39. The van der Waals surface area contributed by atoms with Gasteiger partial charge in [0, 0.05) is 18.1 Å². The lowest BCUT2D eigenvalue weighted by Gasteiger charge is -2.20. The molecule has 5 radical (unpaired) electrons. The van der Waals surface area contributed by atoms with Crippen molar-refractivity contribution in [3.63, 3.8) is 0 Å². The van der Waals surface area contributed by atoms with E-state index in [0.29, 0.717) is 11.3 Å². The number of hydrogen-bond donors (Lipinski definition) is 1. The molecule has 1 aromatic carbocycles. The van der Waals surface area contributed by atoms with Gasteiger partial charge in [-0.2, -0.15) is 5.10 Å². The van der Waals surface area contributed by atoms with Crippen LogP contribution in [0.3, 0.4) is 0 Å². The van der Waals surface area contributed by atoms with Gasteiger partial charge in [-0.05, 0) is 49.5 Å². The first-order chi connectivity index (χ1) is 11.1. The lowest BCUT2D eigenvalue weighted by Crippen LogP contribution is -2.22. The molecule has 0 amide bonds. The van der Waals surface area contributed by atoms with Crippen molar-refractivity contribution >= 4 is 17.5 Å². The second-order valence-electron chi connectivity index (χ2n) is 4.88. The summed E-state index contributed by atoms with van der Waals surface area (Å²) in [5.74, 6) is 0.730. The summed E-state index contributed by atoms with van der Waals surface area (Å²) in [4.78, 5) is 14.2. The molecule has 7 heteroatoms. The van der Waals surface area contributed by atoms with Gasteiger partial charge in [0.1, 0.15) is 18.8 Å². The highest BCUT2D eigenvalue weighted by atomic mass is 16.6. The fraction of sp³-hybridized carbons (Fsp3) is 0.0625. The molecule has 0 spiro atoms. The zero-order chi connectivity index (χ0) is 16.2. The molecular formula is C16H13N4O3. The minimum atomic E-state index is -0.887. The number of hydrogen-bond acceptors (Lipinski definition) is 5. The normalized spacial score (nSPS) is 17.3. The van der Waals surface area contributed by atoms with Crippen LogP contribution < -0.4 is 0 Å². The Labute approximate surface area is 133 Å². The van der Waals surface area contributed by atoms with Crippen LogP contribution in [0.15, 0.2) is 36.9 Å². The molecule has 1 aliphatic carbocycles. The molecule has 0 bridgehead atoms. The highest BCUT2D eigenvalue weighted by Gasteiger charge is 2.28. The van der Waals surface area contributed by atoms with Crippen LogP contribution in [0, 0.1) is 41.7 Å². The number of nitro benzene ring substituents is 1. The van der Waals surface area contributed by atoms with Crippen LogP contribution in [0.1, 0.15) is 5.56 Å². The molecule has 23 heavy (non-hydrogen) atoms. The Bertz CT molecular complexity index is 689. The van der Waals surface area contributed by atoms with Gasteiger partial charge < -0.3 is 5.11 Å². The predicted molar refractivity (Wildman–Crippen MR) is 83.7 cm³/mol. The molecule has 1 fully saturated rings. The number of nitro groups is 1. The Hall–Kier alpha value is -2.54. The molecule has 0 saturated heterocycles. The monoisotopic (exact) mass is 309 g/mol. The maximum atomic E-state index is 10.7. The van der Waals surface area contributed by atoms with Crippen molar-refractivity contribution in [3.05, 3.63) is 84.2 Å². The van der Waals surface area contributed by atoms with E-state index in [4.69, 9.17) is 0 Å². The summed E-state index contributed by atoms with van der Waals surface area (Å²) in [6.07, 6.45) is 11.0. The Morgan fingerprint density at radius 2 is 1.96 bits per heavy atom. The van der Waals surface area contributed by atoms with Crippen LogP contribution in [-0.2, 0) is 0 Å². The first kappa shape index (κ1) is 15.4. The zero-order valence-corrected chi connectivity index (χ0v) is 12.0. The second-order valence-corrected chi connectivity index (χ2v) is 4.88. The van der Waals surface area contributed by atoms with Crippen molar-refractivity contribution in [3.8, 4) is 0 Å². The molecule has 1 aliphatic rings. The van der Waals surface area contributed by atoms with E-state index in [0.717, 1.165) is 5.92 Å². The lowest BCUT2D eigenvalue weighted by molar-refractivity contribution is -0.384. The van der Waals surface area contributed by atoms with E-state index >= 15 is 0 Å². The molecule has 0 aliphatic heterocycles. The maximum Gasteiger partial charge on any atom is 0.269 e. The first-order valence-electron chi connectivity index (χ1n) is 6.86. The van der Waals surface area contributed by atoms with Crippen LogP contribution in [0.4, 0.5) is 5.69 Å². The smallest absolute Gasteiger partial charge is 0.269 e. The Kier molecular flexibility index (Phi) is 4.47. The summed E-state index contributed by atoms with van der Waals surface area (Å²) in [5.41, 5.74) is 1.23. The Morgan fingerprint density at radius 3 is 2.52 bits per heavy atom. The summed E-state index contributed by atoms with van der Waals surface area (Å²) < 4.78 is 1.47. The van der Waals surface area contributed by atoms with Crippen molar-refractivity contribution in [2.24, 2.45) is 0 Å². The number of non-ortho nitro benzene ring substituents is 1. The standard InChI is InChI=1S/C16H13N4O3/c21-16(13-3-1-2-4-13)15(19-11-17-10-18-19)9-12-5-7-14(8-6-12)20(22)23/h1-11,16,21H/b15-9+. The predicted octanol–water partition coefficient (Wildman–Crippen LogP) is 1.95. The summed E-state index contributed by atoms with van der Waals surface area (Å²) >= 11 is 0. The topological polar surface area (TPSA) is 94.1 Å². The largest absolute Gasteiger partial charge is 0.386 e. The van der Waals surface area contributed by atoms with Crippen molar-refractivity contribution < 1.29 is 10.0 Å². The molecule has 115 valence electrons. The van der Waals surface area contributed by atoms with Gasteiger partial charge in [0.2, 0.25) is 0 Å². The molecule has 2 aromatic rings. The fourth-order valence-electron chi connectivity index (χ4n) is 2.22. The number of nitrogens with zero attached hydrogens (tertiary/aromatic N) is 4. The minimum absolute atomic E-state index is 0.0149. The number of aliphatic hydroxyl groups excluding tert-OH is 1. The Morgan fingerprint density at radius 1 is 1.26 bits per heavy atom. The molecular weight excluding hydrogens is 296 g/mol. The molecule has 3 rings (SSSR count). The van der Waals surface area contributed by atoms with Crippen molar-refractivity contribution in [1.29, 1.82) is 0 Å². The summed E-state index contributed by atoms with van der Waals surface area (Å²) in [5, 5.41) is 25.4. The second kappa shape index (κ2) is 6.70. The quantitative estimate of drug-likeness (QED) is 0.673. The molecule has 1 aromatic heterocycles. The molecule has 1 unspecified atom stereocenters. The van der Waals surface area contributed by atoms with Crippen molar-refractivity contribution in [1.82, 2.24) is 14.8 Å². The molecule has 7 nitrogen and oxygen atoms in total. The van der Waals surface area contributed by atoms with E-state index in [1.54, 1.807) is 18.2 Å². The summed E-state index contributed by atoms with van der Waals surface area (Å²) in [6, 6.07) is 6.07. The van der Waals surface area contributed by atoms with Gasteiger partial charge in [0.05, 0.1) is 10.6 Å². The fourth-order valence-corrected chi connectivity index (χ4v) is 2.22. The maximum absolute atomic E-state index is 10.7. The van der Waals surface area contributed by atoms with E-state index in [-0.39, 0.29) is 5.69 Å². The van der Waals surface area contributed by atoms with Crippen LogP contribution >= 0.6 is 0 Å². The van der Waals surface area contributed by atoms with Gasteiger partial charge in [0.25, 0.3) is 5.69 Å². The Balaban J connectivity index is 1.92. The summed E-state index contributed by atoms with van der Waals surface area (Å²) in [6.45, 7) is 0. The number of aromatic nitrogens is 3. The van der Waals surface area contributed by atoms with E-state index in [1.807, 2.05) is 25.7 Å². The molecule has 1 atom stereocenters. The van der Waals surface area contributed by atoms with Gasteiger partial charge >= 0.3 is 0 Å². The average Bonchev–Trinajstić information content (AvgIpc) is 3.25. The third-order valence-corrected chi connectivity index (χ3v) is 3.39. The summed E-state index contributed by atoms with van der Waals surface area (Å²) in [7, 11) is 0.